The van der Waals surface area contributed by atoms with Gasteiger partial charge in [-0.15, -0.1) is 0 Å². The average Bonchev–Trinajstić information content (AvgIpc) is 3.51. The number of hydrogen-bond acceptors (Lipinski definition) is 4. The van der Waals surface area contributed by atoms with Gasteiger partial charge in [0, 0.05) is 25.1 Å². The third-order valence-corrected chi connectivity index (χ3v) is 5.17. The van der Waals surface area contributed by atoms with Gasteiger partial charge in [0.1, 0.15) is 0 Å². The lowest BCUT2D eigenvalue weighted by Gasteiger charge is -2.21. The van der Waals surface area contributed by atoms with Crippen LogP contribution in [-0.2, 0) is 24.4 Å². The van der Waals surface area contributed by atoms with Gasteiger partial charge in [-0.3, -0.25) is 9.59 Å². The van der Waals surface area contributed by atoms with Gasteiger partial charge < -0.3 is 14.7 Å². The average molecular weight is 403 g/mol. The van der Waals surface area contributed by atoms with Crippen LogP contribution in [0.2, 0.25) is 0 Å². The van der Waals surface area contributed by atoms with Crippen molar-refractivity contribution in [2.75, 3.05) is 0 Å². The Morgan fingerprint density at radius 1 is 1.03 bits per heavy atom. The number of nitrogens with zero attached hydrogens (tertiary/aromatic N) is 2. The molecule has 6 heteroatoms. The first-order valence-corrected chi connectivity index (χ1v) is 10.2. The van der Waals surface area contributed by atoms with Crippen molar-refractivity contribution in [3.8, 4) is 0 Å². The van der Waals surface area contributed by atoms with Crippen LogP contribution in [0.5, 0.6) is 0 Å². The van der Waals surface area contributed by atoms with Crippen LogP contribution in [0.3, 0.4) is 0 Å². The van der Waals surface area contributed by atoms with Gasteiger partial charge in [-0.1, -0.05) is 65.3 Å². The van der Waals surface area contributed by atoms with Crippen LogP contribution in [-0.4, -0.2) is 21.9 Å². The van der Waals surface area contributed by atoms with Crippen molar-refractivity contribution in [1.82, 2.24) is 15.4 Å². The summed E-state index contributed by atoms with van der Waals surface area (Å²) in [6.45, 7) is 3.24. The predicted octanol–water partition coefficient (Wildman–Crippen LogP) is 3.85. The summed E-state index contributed by atoms with van der Waals surface area (Å²) >= 11 is 0. The van der Waals surface area contributed by atoms with Crippen LogP contribution in [0, 0.1) is 12.8 Å². The zero-order chi connectivity index (χ0) is 20.9. The largest absolute Gasteiger partial charge is 0.359 e. The third-order valence-electron chi connectivity index (χ3n) is 5.17. The van der Waals surface area contributed by atoms with E-state index in [1.807, 2.05) is 61.5 Å². The smallest absolute Gasteiger partial charge is 0.273 e. The summed E-state index contributed by atoms with van der Waals surface area (Å²) in [6, 6.07) is 19.5. The Kier molecular flexibility index (Phi) is 5.93. The molecular weight excluding hydrogens is 378 g/mol. The second-order valence-corrected chi connectivity index (χ2v) is 7.80. The van der Waals surface area contributed by atoms with Crippen molar-refractivity contribution in [3.63, 3.8) is 0 Å². The van der Waals surface area contributed by atoms with Crippen LogP contribution in [0.1, 0.15) is 45.8 Å². The van der Waals surface area contributed by atoms with Gasteiger partial charge >= 0.3 is 0 Å². The lowest BCUT2D eigenvalue weighted by Crippen LogP contribution is -2.31. The number of amides is 2. The van der Waals surface area contributed by atoms with Crippen LogP contribution < -0.4 is 5.32 Å². The summed E-state index contributed by atoms with van der Waals surface area (Å²) in [5.74, 6) is 0.434. The van der Waals surface area contributed by atoms with Gasteiger partial charge in [0.2, 0.25) is 5.91 Å². The van der Waals surface area contributed by atoms with Gasteiger partial charge in [0.25, 0.3) is 5.91 Å². The molecule has 6 nitrogen and oxygen atoms in total. The highest BCUT2D eigenvalue weighted by Crippen LogP contribution is 2.32. The fourth-order valence-electron chi connectivity index (χ4n) is 3.27. The maximum atomic E-state index is 12.7. The van der Waals surface area contributed by atoms with Gasteiger partial charge in [0.15, 0.2) is 11.5 Å². The molecule has 0 unspecified atom stereocenters. The number of benzene rings is 2. The second-order valence-electron chi connectivity index (χ2n) is 7.80. The van der Waals surface area contributed by atoms with Gasteiger partial charge in [-0.25, -0.2) is 0 Å². The SMILES string of the molecule is Cc1ccc(CNC(=O)c2cc(CN(Cc3ccccc3)C(=O)C3CC3)on2)cc1. The van der Waals surface area contributed by atoms with Crippen LogP contribution in [0.15, 0.2) is 65.2 Å². The van der Waals surface area contributed by atoms with E-state index in [0.29, 0.717) is 25.4 Å². The Balaban J connectivity index is 1.39. The van der Waals surface area contributed by atoms with Crippen molar-refractivity contribution in [2.24, 2.45) is 5.92 Å². The van der Waals surface area contributed by atoms with E-state index in [0.717, 1.165) is 24.0 Å². The lowest BCUT2D eigenvalue weighted by molar-refractivity contribution is -0.134. The number of aryl methyl sites for hydroxylation is 1. The zero-order valence-electron chi connectivity index (χ0n) is 17.0. The highest BCUT2D eigenvalue weighted by atomic mass is 16.5. The van der Waals surface area contributed by atoms with E-state index >= 15 is 0 Å². The molecule has 1 fully saturated rings. The molecule has 0 aliphatic heterocycles. The normalized spacial score (nSPS) is 13.1. The molecule has 154 valence electrons. The molecular formula is C24H25N3O3. The molecule has 1 aliphatic rings. The van der Waals surface area contributed by atoms with Gasteiger partial charge in [-0.2, -0.15) is 0 Å². The summed E-state index contributed by atoms with van der Waals surface area (Å²) in [4.78, 5) is 26.9. The first kappa shape index (κ1) is 19.9. The summed E-state index contributed by atoms with van der Waals surface area (Å²) in [5.41, 5.74) is 3.46. The number of hydrogen-bond donors (Lipinski definition) is 1. The Hall–Kier alpha value is -3.41. The molecule has 0 saturated heterocycles. The molecule has 0 bridgehead atoms. The van der Waals surface area contributed by atoms with Crippen LogP contribution in [0.4, 0.5) is 0 Å². The summed E-state index contributed by atoms with van der Waals surface area (Å²) < 4.78 is 5.37. The number of carbonyl (C=O) groups is 2. The van der Waals surface area contributed by atoms with E-state index in [1.54, 1.807) is 11.0 Å². The zero-order valence-corrected chi connectivity index (χ0v) is 17.0. The van der Waals surface area contributed by atoms with Crippen LogP contribution >= 0.6 is 0 Å². The van der Waals surface area contributed by atoms with Gasteiger partial charge in [0.05, 0.1) is 6.54 Å². The molecule has 30 heavy (non-hydrogen) atoms. The summed E-state index contributed by atoms with van der Waals surface area (Å²) in [5, 5.41) is 6.75. The predicted molar refractivity (Wildman–Crippen MR) is 112 cm³/mol. The molecule has 1 heterocycles. The molecule has 1 saturated carbocycles. The Bertz CT molecular complexity index is 1010. The van der Waals surface area contributed by atoms with E-state index in [4.69, 9.17) is 4.52 Å². The molecule has 1 N–H and O–H groups in total. The van der Waals surface area contributed by atoms with E-state index in [2.05, 4.69) is 10.5 Å². The van der Waals surface area contributed by atoms with E-state index < -0.39 is 0 Å². The number of nitrogens with one attached hydrogen (secondary N) is 1. The number of aromatic nitrogens is 1. The quantitative estimate of drug-likeness (QED) is 0.620. The minimum atomic E-state index is -0.297. The summed E-state index contributed by atoms with van der Waals surface area (Å²) in [7, 11) is 0. The molecule has 0 radical (unpaired) electrons. The molecule has 2 aromatic carbocycles. The first-order valence-electron chi connectivity index (χ1n) is 10.2. The Morgan fingerprint density at radius 2 is 1.77 bits per heavy atom. The maximum Gasteiger partial charge on any atom is 0.273 e. The molecule has 4 rings (SSSR count). The fourth-order valence-corrected chi connectivity index (χ4v) is 3.27. The highest BCUT2D eigenvalue weighted by molar-refractivity contribution is 5.92. The molecule has 2 amide bonds. The van der Waals surface area contributed by atoms with Crippen molar-refractivity contribution in [3.05, 3.63) is 88.8 Å². The molecule has 3 aromatic rings. The van der Waals surface area contributed by atoms with Crippen molar-refractivity contribution in [1.29, 1.82) is 0 Å². The molecule has 1 aliphatic carbocycles. The maximum absolute atomic E-state index is 12.7. The van der Waals surface area contributed by atoms with Crippen molar-refractivity contribution in [2.45, 2.75) is 39.4 Å². The number of carbonyl (C=O) groups excluding carboxylic acids is 2. The highest BCUT2D eigenvalue weighted by Gasteiger charge is 2.34. The van der Waals surface area contributed by atoms with Crippen molar-refractivity contribution < 1.29 is 14.1 Å². The second kappa shape index (κ2) is 8.95. The monoisotopic (exact) mass is 403 g/mol. The lowest BCUT2D eigenvalue weighted by atomic mass is 10.1. The van der Waals surface area contributed by atoms with E-state index in [9.17, 15) is 9.59 Å². The molecule has 1 aromatic heterocycles. The van der Waals surface area contributed by atoms with E-state index in [1.165, 1.54) is 5.56 Å². The number of rotatable bonds is 8. The standard InChI is InChI=1S/C24H25N3O3/c1-17-7-9-18(10-8-17)14-25-23(28)22-13-21(30-26-22)16-27(24(29)20-11-12-20)15-19-5-3-2-4-6-19/h2-10,13,20H,11-12,14-16H2,1H3,(H,25,28). The Labute approximate surface area is 175 Å². The molecule has 0 atom stereocenters. The third kappa shape index (κ3) is 5.14. The van der Waals surface area contributed by atoms with Crippen molar-refractivity contribution >= 4 is 11.8 Å². The van der Waals surface area contributed by atoms with Crippen LogP contribution in [0.25, 0.3) is 0 Å². The topological polar surface area (TPSA) is 75.4 Å². The van der Waals surface area contributed by atoms with Gasteiger partial charge in [-0.05, 0) is 30.9 Å². The minimum Gasteiger partial charge on any atom is -0.359 e. The summed E-state index contributed by atoms with van der Waals surface area (Å²) in [6.07, 6.45) is 1.88. The minimum absolute atomic E-state index is 0.105. The Morgan fingerprint density at radius 3 is 2.47 bits per heavy atom. The molecule has 0 spiro atoms. The fraction of sp³-hybridized carbons (Fsp3) is 0.292. The first-order chi connectivity index (χ1) is 14.6. The van der Waals surface area contributed by atoms with E-state index in [-0.39, 0.29) is 23.4 Å².